The number of hydrogen-bond acceptors (Lipinski definition) is 10. The summed E-state index contributed by atoms with van der Waals surface area (Å²) in [5.74, 6) is -0.671. The molecular formula is C61H63N3O9. The Morgan fingerprint density at radius 3 is 2.32 bits per heavy atom. The molecule has 0 spiro atoms. The molecule has 6 atom stereocenters. The van der Waals surface area contributed by atoms with Gasteiger partial charge in [-0.2, -0.15) is 0 Å². The van der Waals surface area contributed by atoms with Crippen molar-refractivity contribution in [2.45, 2.75) is 76.2 Å². The van der Waals surface area contributed by atoms with E-state index in [1.165, 1.54) is 18.2 Å². The van der Waals surface area contributed by atoms with Gasteiger partial charge in [0.1, 0.15) is 29.9 Å². The van der Waals surface area contributed by atoms with Gasteiger partial charge in [-0.05, 0) is 132 Å². The van der Waals surface area contributed by atoms with E-state index in [2.05, 4.69) is 61.2 Å². The largest absolute Gasteiger partial charge is 0.459 e. The van der Waals surface area contributed by atoms with Crippen LogP contribution in [0.25, 0.3) is 28.0 Å². The summed E-state index contributed by atoms with van der Waals surface area (Å²) in [6, 6.07) is 43.7. The number of fused-ring (bicyclic) bond motifs is 3. The molecule has 0 saturated heterocycles. The number of non-ortho nitro benzene ring substituents is 1. The number of nitro groups is 1. The Morgan fingerprint density at radius 2 is 1.58 bits per heavy atom. The van der Waals surface area contributed by atoms with Gasteiger partial charge in [0, 0.05) is 55.9 Å². The Kier molecular flexibility index (Phi) is 16.2. The quantitative estimate of drug-likeness (QED) is 0.0222. The summed E-state index contributed by atoms with van der Waals surface area (Å²) in [6.45, 7) is 6.74. The van der Waals surface area contributed by atoms with Crippen LogP contribution in [0.3, 0.4) is 0 Å². The van der Waals surface area contributed by atoms with Gasteiger partial charge in [0.25, 0.3) is 5.69 Å². The highest BCUT2D eigenvalue weighted by molar-refractivity contribution is 6.03. The van der Waals surface area contributed by atoms with Crippen molar-refractivity contribution >= 4 is 34.2 Å². The number of rotatable bonds is 22. The molecule has 0 bridgehead atoms. The molecule has 376 valence electrons. The molecular weight excluding hydrogens is 919 g/mol. The number of carbonyl (C=O) groups is 1. The van der Waals surface area contributed by atoms with Gasteiger partial charge in [-0.3, -0.25) is 14.9 Å². The number of amides is 1. The number of ether oxygens (including phenoxy) is 3. The third-order valence-electron chi connectivity index (χ3n) is 14.5. The maximum Gasteiger partial charge on any atom is 0.269 e. The highest BCUT2D eigenvalue weighted by Gasteiger charge is 2.65. The molecule has 6 aromatic rings. The van der Waals surface area contributed by atoms with E-state index in [0.29, 0.717) is 48.0 Å². The summed E-state index contributed by atoms with van der Waals surface area (Å²) in [4.78, 5) is 34.3. The molecule has 1 fully saturated rings. The summed E-state index contributed by atoms with van der Waals surface area (Å²) < 4.78 is 21.5. The fourth-order valence-corrected chi connectivity index (χ4v) is 11.3. The first-order chi connectivity index (χ1) is 35.7. The van der Waals surface area contributed by atoms with E-state index < -0.39 is 22.7 Å². The second kappa shape index (κ2) is 23.4. The van der Waals surface area contributed by atoms with Crippen LogP contribution in [0.15, 0.2) is 175 Å². The first-order valence-corrected chi connectivity index (χ1v) is 25.5. The number of aliphatic hydroxyl groups is 2. The van der Waals surface area contributed by atoms with Crippen LogP contribution in [0.1, 0.15) is 74.5 Å². The molecule has 2 aliphatic carbocycles. The van der Waals surface area contributed by atoms with E-state index in [4.69, 9.17) is 24.2 Å². The first-order valence-electron chi connectivity index (χ1n) is 25.5. The average molecular weight is 982 g/mol. The molecule has 3 aliphatic rings. The molecule has 9 rings (SSSR count). The molecule has 1 heterocycles. The van der Waals surface area contributed by atoms with Crippen molar-refractivity contribution in [1.29, 1.82) is 0 Å². The number of hydrogen-bond donors (Lipinski definition) is 2. The number of nitro benzene ring substituents is 1. The van der Waals surface area contributed by atoms with Gasteiger partial charge in [0.15, 0.2) is 0 Å². The number of benzene rings is 6. The average Bonchev–Trinajstić information content (AvgIpc) is 3.42. The highest BCUT2D eigenvalue weighted by Crippen LogP contribution is 2.62. The Hall–Kier alpha value is -7.38. The first kappa shape index (κ1) is 50.6. The number of carbonyl (C=O) groups excluding carboxylic acids is 1. The van der Waals surface area contributed by atoms with Crippen molar-refractivity contribution in [2.24, 2.45) is 22.9 Å². The molecule has 0 radical (unpaired) electrons. The van der Waals surface area contributed by atoms with Crippen LogP contribution in [-0.2, 0) is 20.9 Å². The third-order valence-corrected chi connectivity index (χ3v) is 14.5. The molecule has 12 heteroatoms. The predicted octanol–water partition coefficient (Wildman–Crippen LogP) is 12.6. The molecule has 2 N–H and O–H groups in total. The molecule has 1 amide bonds. The van der Waals surface area contributed by atoms with Crippen LogP contribution in [-0.4, -0.2) is 69.9 Å². The zero-order chi connectivity index (χ0) is 50.7. The normalized spacial score (nSPS) is 21.4. The minimum Gasteiger partial charge on any atom is -0.459 e. The third kappa shape index (κ3) is 11.0. The molecule has 12 nitrogen and oxygen atoms in total. The molecule has 6 unspecified atom stereocenters. The molecule has 1 aliphatic heterocycles. The Labute approximate surface area is 427 Å². The lowest BCUT2D eigenvalue weighted by molar-refractivity contribution is -0.384. The number of aliphatic hydroxyl groups excluding tert-OH is 2. The minimum atomic E-state index is -1.51. The van der Waals surface area contributed by atoms with E-state index in [-0.39, 0.29) is 62.1 Å². The van der Waals surface area contributed by atoms with Crippen molar-refractivity contribution in [3.05, 3.63) is 197 Å². The second-order valence-electron chi connectivity index (χ2n) is 19.0. The fraction of sp³-hybridized carbons (Fsp3) is 0.311. The Bertz CT molecular complexity index is 2970. The van der Waals surface area contributed by atoms with Crippen molar-refractivity contribution < 1.29 is 39.0 Å². The van der Waals surface area contributed by atoms with E-state index in [0.717, 1.165) is 64.3 Å². The van der Waals surface area contributed by atoms with Gasteiger partial charge in [-0.15, -0.1) is 6.58 Å². The van der Waals surface area contributed by atoms with Crippen LogP contribution < -0.4 is 9.47 Å². The standard InChI is InChI=1S/C61H63N3O9/c1-3-37-70-61-57(63(41-47-20-14-19-45-17-8-9-21-51(45)47)58(67)34-25-42-23-28-48(29-24-42)64(68)69)40-55(62-71-4-2)53-38-46(18-10-12-35-65)52(22-11-13-36-66)59(60(53)61)54-39-50(32-33-56(54)73-61)72-49-30-26-44(27-31-49)43-15-6-5-7-16-43/h3,5-9,14-17,19-21,23-34,38-39,46,52,57,59-60,65-66H,1,4,10-13,18,22,35-37,40-41H2,2H3. The van der Waals surface area contributed by atoms with Gasteiger partial charge >= 0.3 is 0 Å². The Morgan fingerprint density at radius 1 is 0.863 bits per heavy atom. The summed E-state index contributed by atoms with van der Waals surface area (Å²) in [7, 11) is 0. The van der Waals surface area contributed by atoms with E-state index >= 15 is 4.79 Å². The smallest absolute Gasteiger partial charge is 0.269 e. The van der Waals surface area contributed by atoms with E-state index in [1.807, 2.05) is 78.6 Å². The van der Waals surface area contributed by atoms with E-state index in [9.17, 15) is 20.3 Å². The lowest BCUT2D eigenvalue weighted by Crippen LogP contribution is -2.70. The maximum atomic E-state index is 15.4. The molecule has 73 heavy (non-hydrogen) atoms. The van der Waals surface area contributed by atoms with Crippen molar-refractivity contribution in [1.82, 2.24) is 4.90 Å². The second-order valence-corrected chi connectivity index (χ2v) is 19.0. The lowest BCUT2D eigenvalue weighted by Gasteiger charge is -2.60. The monoisotopic (exact) mass is 981 g/mol. The van der Waals surface area contributed by atoms with Gasteiger partial charge in [0.2, 0.25) is 11.7 Å². The van der Waals surface area contributed by atoms with Gasteiger partial charge in [-0.25, -0.2) is 0 Å². The predicted molar refractivity (Wildman–Crippen MR) is 285 cm³/mol. The van der Waals surface area contributed by atoms with E-state index in [1.54, 1.807) is 24.3 Å². The van der Waals surface area contributed by atoms with Crippen LogP contribution in [0.2, 0.25) is 0 Å². The fourth-order valence-electron chi connectivity index (χ4n) is 11.3. The number of allylic oxidation sites excluding steroid dienone is 1. The lowest BCUT2D eigenvalue weighted by atomic mass is 9.55. The SMILES string of the molecule is C=CCOC12Oc3ccc(Oc4ccc(-c5ccccc5)cc4)cc3C3C(CCCCO)C(CCCCO)C=C(C(=NOCC)CC1N(Cc1cccc4ccccc14)C(=O)C=Cc1ccc([N+](=O)[O-])cc1)C32. The highest BCUT2D eigenvalue weighted by atomic mass is 16.7. The zero-order valence-electron chi connectivity index (χ0n) is 41.3. The van der Waals surface area contributed by atoms with Crippen LogP contribution in [0.4, 0.5) is 5.69 Å². The number of unbranched alkanes of at least 4 members (excludes halogenated alkanes) is 2. The minimum absolute atomic E-state index is 0.00472. The van der Waals surface area contributed by atoms with Crippen LogP contribution >= 0.6 is 0 Å². The van der Waals surface area contributed by atoms with Crippen molar-refractivity contribution in [3.63, 3.8) is 0 Å². The summed E-state index contributed by atoms with van der Waals surface area (Å²) in [5.41, 5.74) is 6.23. The molecule has 1 saturated carbocycles. The Balaban J connectivity index is 1.22. The molecule has 6 aromatic carbocycles. The van der Waals surface area contributed by atoms with Crippen molar-refractivity contribution in [3.8, 4) is 28.4 Å². The maximum absolute atomic E-state index is 15.4. The topological polar surface area (TPSA) is 153 Å². The molecule has 0 aromatic heterocycles. The van der Waals surface area contributed by atoms with Crippen LogP contribution in [0, 0.1) is 27.9 Å². The van der Waals surface area contributed by atoms with Crippen LogP contribution in [0.5, 0.6) is 17.2 Å². The van der Waals surface area contributed by atoms with Gasteiger partial charge < -0.3 is 34.2 Å². The number of oxime groups is 1. The summed E-state index contributed by atoms with van der Waals surface area (Å²) >= 11 is 0. The van der Waals surface area contributed by atoms with Gasteiger partial charge in [0.05, 0.1) is 23.2 Å². The van der Waals surface area contributed by atoms with Crippen molar-refractivity contribution in [2.75, 3.05) is 26.4 Å². The summed E-state index contributed by atoms with van der Waals surface area (Å²) in [5, 5.41) is 38.6. The zero-order valence-corrected chi connectivity index (χ0v) is 41.3. The summed E-state index contributed by atoms with van der Waals surface area (Å²) in [6.07, 6.45) is 11.9. The van der Waals surface area contributed by atoms with Gasteiger partial charge in [-0.1, -0.05) is 115 Å². The number of nitrogens with zero attached hydrogens (tertiary/aromatic N) is 3.